The van der Waals surface area contributed by atoms with E-state index in [1.165, 1.54) is 11.3 Å². The number of nitrogens with zero attached hydrogens (tertiary/aromatic N) is 2. The number of aryl methyl sites for hydroxylation is 1. The van der Waals surface area contributed by atoms with Crippen molar-refractivity contribution in [3.63, 3.8) is 0 Å². The minimum absolute atomic E-state index is 0.0877. The zero-order chi connectivity index (χ0) is 20.6. The number of hydrogen-bond acceptors (Lipinski definition) is 5. The smallest absolute Gasteiger partial charge is 0.264 e. The van der Waals surface area contributed by atoms with Crippen LogP contribution in [-0.2, 0) is 11.2 Å². The number of carbonyl (C=O) groups excluding carboxylic acids is 1. The lowest BCUT2D eigenvalue weighted by Crippen LogP contribution is -2.44. The van der Waals surface area contributed by atoms with Crippen molar-refractivity contribution in [3.8, 4) is 5.75 Å². The summed E-state index contributed by atoms with van der Waals surface area (Å²) in [5.74, 6) is 0.367. The molecule has 0 spiro atoms. The van der Waals surface area contributed by atoms with Gasteiger partial charge >= 0.3 is 0 Å². The third kappa shape index (κ3) is 6.44. The van der Waals surface area contributed by atoms with E-state index in [4.69, 9.17) is 17.0 Å². The minimum Gasteiger partial charge on any atom is -0.484 e. The molecule has 154 valence electrons. The molecular weight excluding hydrogens is 384 g/mol. The average Bonchev–Trinajstić information content (AvgIpc) is 2.74. The number of thiocarbonyl (C=S) groups is 1. The Bertz CT molecular complexity index is 816. The molecule has 1 fully saturated rings. The summed E-state index contributed by atoms with van der Waals surface area (Å²) >= 11 is 5.23. The van der Waals surface area contributed by atoms with Crippen LogP contribution in [0, 0.1) is 0 Å². The van der Waals surface area contributed by atoms with Gasteiger partial charge in [0.15, 0.2) is 11.7 Å². The van der Waals surface area contributed by atoms with Crippen molar-refractivity contribution >= 4 is 34.6 Å². The van der Waals surface area contributed by atoms with Crippen molar-refractivity contribution in [1.29, 1.82) is 0 Å². The Morgan fingerprint density at radius 2 is 1.69 bits per heavy atom. The van der Waals surface area contributed by atoms with Gasteiger partial charge in [0.1, 0.15) is 5.75 Å². The molecule has 0 atom stereocenters. The molecule has 7 heteroatoms. The Kier molecular flexibility index (Phi) is 7.43. The van der Waals surface area contributed by atoms with E-state index in [9.17, 15) is 4.79 Å². The zero-order valence-electron chi connectivity index (χ0n) is 17.0. The van der Waals surface area contributed by atoms with Crippen LogP contribution in [0.5, 0.6) is 5.75 Å². The predicted molar refractivity (Wildman–Crippen MR) is 122 cm³/mol. The lowest BCUT2D eigenvalue weighted by atomic mass is 10.2. The number of benzene rings is 2. The summed E-state index contributed by atoms with van der Waals surface area (Å²) in [4.78, 5) is 16.8. The molecule has 0 bridgehead atoms. The fourth-order valence-corrected chi connectivity index (χ4v) is 3.35. The van der Waals surface area contributed by atoms with Gasteiger partial charge in [-0.1, -0.05) is 19.1 Å². The van der Waals surface area contributed by atoms with Crippen LogP contribution < -0.4 is 20.3 Å². The molecule has 2 N–H and O–H groups in total. The van der Waals surface area contributed by atoms with E-state index in [1.807, 2.05) is 36.4 Å². The van der Waals surface area contributed by atoms with E-state index in [1.54, 1.807) is 0 Å². The summed E-state index contributed by atoms with van der Waals surface area (Å²) in [6.07, 6.45) is 0.969. The predicted octanol–water partition coefficient (Wildman–Crippen LogP) is 2.89. The Balaban J connectivity index is 1.42. The average molecular weight is 413 g/mol. The number of ether oxygens (including phenoxy) is 1. The molecule has 1 aliphatic rings. The topological polar surface area (TPSA) is 56.8 Å². The Morgan fingerprint density at radius 3 is 2.31 bits per heavy atom. The summed E-state index contributed by atoms with van der Waals surface area (Å²) in [6, 6.07) is 15.8. The normalized spacial score (nSPS) is 14.3. The second-order valence-electron chi connectivity index (χ2n) is 7.13. The van der Waals surface area contributed by atoms with Crippen LogP contribution in [0.4, 0.5) is 11.4 Å². The first kappa shape index (κ1) is 21.1. The van der Waals surface area contributed by atoms with Gasteiger partial charge in [0, 0.05) is 37.6 Å². The van der Waals surface area contributed by atoms with Crippen molar-refractivity contribution in [2.24, 2.45) is 0 Å². The van der Waals surface area contributed by atoms with E-state index in [2.05, 4.69) is 46.5 Å². The SMILES string of the molecule is CCc1ccc(OCC(=O)NC(=S)Nc2ccc(N3CCN(C)CC3)cc2)cc1. The van der Waals surface area contributed by atoms with Crippen LogP contribution in [0.3, 0.4) is 0 Å². The van der Waals surface area contributed by atoms with Crippen LogP contribution in [0.25, 0.3) is 0 Å². The number of rotatable bonds is 6. The van der Waals surface area contributed by atoms with Crippen LogP contribution in [0.2, 0.25) is 0 Å². The largest absolute Gasteiger partial charge is 0.484 e. The second kappa shape index (κ2) is 10.2. The minimum atomic E-state index is -0.295. The highest BCUT2D eigenvalue weighted by Gasteiger charge is 2.14. The maximum Gasteiger partial charge on any atom is 0.264 e. The van der Waals surface area contributed by atoms with Crippen molar-refractivity contribution < 1.29 is 9.53 Å². The first-order chi connectivity index (χ1) is 14.0. The monoisotopic (exact) mass is 412 g/mol. The summed E-state index contributed by atoms with van der Waals surface area (Å²) in [5, 5.41) is 5.94. The van der Waals surface area contributed by atoms with Gasteiger partial charge in [-0.05, 0) is 67.6 Å². The molecule has 1 heterocycles. The number of likely N-dealkylation sites (N-methyl/N-ethyl adjacent to an activating group) is 1. The number of nitrogens with one attached hydrogen (secondary N) is 2. The molecule has 0 aliphatic carbocycles. The fraction of sp³-hybridized carbons (Fsp3) is 0.364. The highest BCUT2D eigenvalue weighted by atomic mass is 32.1. The molecule has 1 amide bonds. The summed E-state index contributed by atoms with van der Waals surface area (Å²) in [7, 11) is 2.15. The molecule has 3 rings (SSSR count). The first-order valence-corrected chi connectivity index (χ1v) is 10.3. The van der Waals surface area contributed by atoms with Gasteiger partial charge in [-0.15, -0.1) is 0 Å². The highest BCUT2D eigenvalue weighted by molar-refractivity contribution is 7.80. The van der Waals surface area contributed by atoms with E-state index in [0.29, 0.717) is 5.75 Å². The number of anilines is 2. The molecule has 0 aromatic heterocycles. The Morgan fingerprint density at radius 1 is 1.03 bits per heavy atom. The van der Waals surface area contributed by atoms with E-state index >= 15 is 0 Å². The van der Waals surface area contributed by atoms with Crippen molar-refractivity contribution in [3.05, 3.63) is 54.1 Å². The lowest BCUT2D eigenvalue weighted by molar-refractivity contribution is -0.121. The molecular formula is C22H28N4O2S. The van der Waals surface area contributed by atoms with Gasteiger partial charge in [0.25, 0.3) is 5.91 Å². The van der Waals surface area contributed by atoms with Gasteiger partial charge in [-0.2, -0.15) is 0 Å². The molecule has 29 heavy (non-hydrogen) atoms. The molecule has 0 saturated carbocycles. The summed E-state index contributed by atoms with van der Waals surface area (Å²) < 4.78 is 5.50. The van der Waals surface area contributed by atoms with Gasteiger partial charge in [-0.3, -0.25) is 10.1 Å². The van der Waals surface area contributed by atoms with Gasteiger partial charge < -0.3 is 19.9 Å². The van der Waals surface area contributed by atoms with Crippen LogP contribution >= 0.6 is 12.2 Å². The van der Waals surface area contributed by atoms with Crippen molar-refractivity contribution in [2.45, 2.75) is 13.3 Å². The van der Waals surface area contributed by atoms with Crippen molar-refractivity contribution in [1.82, 2.24) is 10.2 Å². The van der Waals surface area contributed by atoms with E-state index < -0.39 is 0 Å². The summed E-state index contributed by atoms with van der Waals surface area (Å²) in [6.45, 7) is 6.20. The fourth-order valence-electron chi connectivity index (χ4n) is 3.12. The molecule has 1 aliphatic heterocycles. The van der Waals surface area contributed by atoms with Crippen LogP contribution in [-0.4, -0.2) is 55.8 Å². The lowest BCUT2D eigenvalue weighted by Gasteiger charge is -2.34. The third-order valence-corrected chi connectivity index (χ3v) is 5.15. The molecule has 2 aromatic rings. The van der Waals surface area contributed by atoms with Crippen LogP contribution in [0.15, 0.2) is 48.5 Å². The quantitative estimate of drug-likeness (QED) is 0.712. The first-order valence-electron chi connectivity index (χ1n) is 9.89. The maximum atomic E-state index is 12.1. The van der Waals surface area contributed by atoms with Gasteiger partial charge in [0.2, 0.25) is 0 Å². The van der Waals surface area contributed by atoms with Crippen molar-refractivity contribution in [2.75, 3.05) is 50.1 Å². The molecule has 0 unspecified atom stereocenters. The van der Waals surface area contributed by atoms with Gasteiger partial charge in [-0.25, -0.2) is 0 Å². The third-order valence-electron chi connectivity index (χ3n) is 4.95. The number of amides is 1. The number of hydrogen-bond donors (Lipinski definition) is 2. The van der Waals surface area contributed by atoms with E-state index in [-0.39, 0.29) is 17.6 Å². The maximum absolute atomic E-state index is 12.1. The number of carbonyl (C=O) groups is 1. The number of piperazine rings is 1. The standard InChI is InChI=1S/C22H28N4O2S/c1-3-17-4-10-20(11-5-17)28-16-21(27)24-22(29)23-18-6-8-19(9-7-18)26-14-12-25(2)13-15-26/h4-11H,3,12-16H2,1-2H3,(H2,23,24,27,29). The van der Waals surface area contributed by atoms with Gasteiger partial charge in [0.05, 0.1) is 0 Å². The Labute approximate surface area is 177 Å². The second-order valence-corrected chi connectivity index (χ2v) is 7.53. The molecule has 0 radical (unpaired) electrons. The molecule has 2 aromatic carbocycles. The molecule has 6 nitrogen and oxygen atoms in total. The zero-order valence-corrected chi connectivity index (χ0v) is 17.8. The molecule has 1 saturated heterocycles. The highest BCUT2D eigenvalue weighted by Crippen LogP contribution is 2.19. The van der Waals surface area contributed by atoms with E-state index in [0.717, 1.165) is 38.3 Å². The Hall–Kier alpha value is -2.64. The van der Waals surface area contributed by atoms with Crippen LogP contribution in [0.1, 0.15) is 12.5 Å². The summed E-state index contributed by atoms with van der Waals surface area (Å²) in [5.41, 5.74) is 3.26.